The van der Waals surface area contributed by atoms with Crippen molar-refractivity contribution in [3.63, 3.8) is 0 Å². The Morgan fingerprint density at radius 2 is 2.44 bits per heavy atom. The smallest absolute Gasteiger partial charge is 0.0703 e. The highest BCUT2D eigenvalue weighted by atomic mass is 35.5. The first-order chi connectivity index (χ1) is 7.81. The summed E-state index contributed by atoms with van der Waals surface area (Å²) in [6.07, 6.45) is 9.92. The van der Waals surface area contributed by atoms with Crippen LogP contribution in [0.1, 0.15) is 43.7 Å². The maximum Gasteiger partial charge on any atom is 0.0703 e. The van der Waals surface area contributed by atoms with Gasteiger partial charge in [0.15, 0.2) is 0 Å². The molecule has 1 saturated carbocycles. The summed E-state index contributed by atoms with van der Waals surface area (Å²) in [4.78, 5) is 0. The van der Waals surface area contributed by atoms with Gasteiger partial charge in [-0.3, -0.25) is 4.68 Å². The SMILES string of the molecule is ClCc1cnn(C2CCOC3(CCC3)C2)c1. The van der Waals surface area contributed by atoms with Crippen LogP contribution in [0.2, 0.25) is 0 Å². The minimum Gasteiger partial charge on any atom is -0.375 e. The zero-order chi connectivity index (χ0) is 11.0. The molecule has 2 fully saturated rings. The fourth-order valence-corrected chi connectivity index (χ4v) is 2.93. The summed E-state index contributed by atoms with van der Waals surface area (Å²) < 4.78 is 8.00. The van der Waals surface area contributed by atoms with E-state index in [1.54, 1.807) is 0 Å². The van der Waals surface area contributed by atoms with Crippen LogP contribution in [0, 0.1) is 0 Å². The highest BCUT2D eigenvalue weighted by Gasteiger charge is 2.43. The largest absolute Gasteiger partial charge is 0.375 e. The monoisotopic (exact) mass is 240 g/mol. The third kappa shape index (κ3) is 1.76. The Morgan fingerprint density at radius 1 is 1.56 bits per heavy atom. The molecule has 16 heavy (non-hydrogen) atoms. The van der Waals surface area contributed by atoms with Crippen LogP contribution < -0.4 is 0 Å². The summed E-state index contributed by atoms with van der Waals surface area (Å²) in [5.74, 6) is 0.550. The fourth-order valence-electron chi connectivity index (χ4n) is 2.79. The molecule has 0 N–H and O–H groups in total. The summed E-state index contributed by atoms with van der Waals surface area (Å²) in [6.45, 7) is 0.876. The standard InChI is InChI=1S/C12H17ClN2O/c13-7-10-8-14-15(9-10)11-2-5-16-12(6-11)3-1-4-12/h8-9,11H,1-7H2. The van der Waals surface area contributed by atoms with Gasteiger partial charge in [0, 0.05) is 18.4 Å². The van der Waals surface area contributed by atoms with Crippen molar-refractivity contribution in [3.8, 4) is 0 Å². The van der Waals surface area contributed by atoms with E-state index in [2.05, 4.69) is 16.0 Å². The van der Waals surface area contributed by atoms with Crippen LogP contribution in [-0.2, 0) is 10.6 Å². The number of hydrogen-bond acceptors (Lipinski definition) is 2. The van der Waals surface area contributed by atoms with Crippen LogP contribution in [0.4, 0.5) is 0 Å². The lowest BCUT2D eigenvalue weighted by molar-refractivity contribution is -0.141. The number of halogens is 1. The molecule has 2 aliphatic rings. The van der Waals surface area contributed by atoms with Crippen LogP contribution in [0.25, 0.3) is 0 Å². The molecule has 1 unspecified atom stereocenters. The first-order valence-electron chi connectivity index (χ1n) is 6.04. The maximum atomic E-state index is 5.92. The van der Waals surface area contributed by atoms with E-state index in [9.17, 15) is 0 Å². The first-order valence-corrected chi connectivity index (χ1v) is 6.58. The van der Waals surface area contributed by atoms with E-state index in [-0.39, 0.29) is 5.60 Å². The molecule has 3 rings (SSSR count). The van der Waals surface area contributed by atoms with Crippen LogP contribution >= 0.6 is 11.6 Å². The highest BCUT2D eigenvalue weighted by molar-refractivity contribution is 6.17. The van der Waals surface area contributed by atoms with Crippen LogP contribution in [0.15, 0.2) is 12.4 Å². The summed E-state index contributed by atoms with van der Waals surface area (Å²) in [5.41, 5.74) is 1.30. The lowest BCUT2D eigenvalue weighted by Crippen LogP contribution is -2.46. The molecule has 1 saturated heterocycles. The number of hydrogen-bond donors (Lipinski definition) is 0. The van der Waals surface area contributed by atoms with Gasteiger partial charge >= 0.3 is 0 Å². The lowest BCUT2D eigenvalue weighted by Gasteiger charge is -2.47. The van der Waals surface area contributed by atoms with Gasteiger partial charge in [-0.1, -0.05) is 0 Å². The van der Waals surface area contributed by atoms with E-state index in [0.29, 0.717) is 11.9 Å². The van der Waals surface area contributed by atoms with Crippen molar-refractivity contribution in [1.29, 1.82) is 0 Å². The second kappa shape index (κ2) is 4.04. The number of alkyl halides is 1. The molecular formula is C12H17ClN2O. The molecule has 0 bridgehead atoms. The van der Waals surface area contributed by atoms with Crippen LogP contribution in [-0.4, -0.2) is 22.0 Å². The van der Waals surface area contributed by atoms with E-state index < -0.39 is 0 Å². The molecule has 1 aliphatic heterocycles. The highest BCUT2D eigenvalue weighted by Crippen LogP contribution is 2.45. The summed E-state index contributed by atoms with van der Waals surface area (Å²) >= 11 is 5.80. The second-order valence-electron chi connectivity index (χ2n) is 4.99. The van der Waals surface area contributed by atoms with E-state index in [4.69, 9.17) is 16.3 Å². The molecule has 1 spiro atoms. The van der Waals surface area contributed by atoms with Crippen molar-refractivity contribution in [2.45, 2.75) is 49.6 Å². The van der Waals surface area contributed by atoms with Gasteiger partial charge in [-0.25, -0.2) is 0 Å². The van der Waals surface area contributed by atoms with Gasteiger partial charge in [-0.05, 0) is 32.1 Å². The zero-order valence-electron chi connectivity index (χ0n) is 9.36. The van der Waals surface area contributed by atoms with E-state index in [1.165, 1.54) is 19.3 Å². The lowest BCUT2D eigenvalue weighted by atomic mass is 9.74. The topological polar surface area (TPSA) is 27.1 Å². The Kier molecular flexibility index (Phi) is 2.68. The van der Waals surface area contributed by atoms with Gasteiger partial charge in [-0.15, -0.1) is 11.6 Å². The van der Waals surface area contributed by atoms with Gasteiger partial charge in [0.1, 0.15) is 0 Å². The van der Waals surface area contributed by atoms with Crippen molar-refractivity contribution < 1.29 is 4.74 Å². The third-order valence-corrected chi connectivity index (χ3v) is 4.22. The molecule has 1 aromatic rings. The van der Waals surface area contributed by atoms with Gasteiger partial charge < -0.3 is 4.74 Å². The number of aromatic nitrogens is 2. The second-order valence-corrected chi connectivity index (χ2v) is 5.26. The van der Waals surface area contributed by atoms with Crippen LogP contribution in [0.3, 0.4) is 0 Å². The molecule has 0 aromatic carbocycles. The van der Waals surface area contributed by atoms with Crippen molar-refractivity contribution in [1.82, 2.24) is 9.78 Å². The first kappa shape index (κ1) is 10.6. The molecular weight excluding hydrogens is 224 g/mol. The summed E-state index contributed by atoms with van der Waals surface area (Å²) in [6, 6.07) is 0.506. The third-order valence-electron chi connectivity index (χ3n) is 3.92. The van der Waals surface area contributed by atoms with Crippen LogP contribution in [0.5, 0.6) is 0 Å². The van der Waals surface area contributed by atoms with Crippen molar-refractivity contribution in [2.75, 3.05) is 6.61 Å². The summed E-state index contributed by atoms with van der Waals surface area (Å²) in [7, 11) is 0. The Morgan fingerprint density at radius 3 is 3.06 bits per heavy atom. The molecule has 88 valence electrons. The summed E-state index contributed by atoms with van der Waals surface area (Å²) in [5, 5.41) is 4.41. The van der Waals surface area contributed by atoms with Crippen molar-refractivity contribution in [3.05, 3.63) is 18.0 Å². The number of nitrogens with zero attached hydrogens (tertiary/aromatic N) is 2. The predicted molar refractivity (Wildman–Crippen MR) is 62.6 cm³/mol. The maximum absolute atomic E-state index is 5.92. The van der Waals surface area contributed by atoms with Gasteiger partial charge in [0.05, 0.1) is 23.7 Å². The molecule has 0 amide bonds. The van der Waals surface area contributed by atoms with Crippen molar-refractivity contribution >= 4 is 11.6 Å². The fraction of sp³-hybridized carbons (Fsp3) is 0.750. The van der Waals surface area contributed by atoms with E-state index >= 15 is 0 Å². The zero-order valence-corrected chi connectivity index (χ0v) is 10.1. The van der Waals surface area contributed by atoms with Gasteiger partial charge in [-0.2, -0.15) is 5.10 Å². The molecule has 4 heteroatoms. The average molecular weight is 241 g/mol. The minimum absolute atomic E-state index is 0.190. The van der Waals surface area contributed by atoms with Gasteiger partial charge in [0.25, 0.3) is 0 Å². The van der Waals surface area contributed by atoms with Crippen molar-refractivity contribution in [2.24, 2.45) is 0 Å². The molecule has 3 nitrogen and oxygen atoms in total. The predicted octanol–water partition coefficient (Wildman–Crippen LogP) is 2.90. The average Bonchev–Trinajstić information content (AvgIpc) is 2.76. The Bertz CT molecular complexity index is 373. The number of ether oxygens (including phenoxy) is 1. The molecule has 1 atom stereocenters. The quantitative estimate of drug-likeness (QED) is 0.744. The molecule has 2 heterocycles. The Balaban J connectivity index is 1.74. The Hall–Kier alpha value is -0.540. The minimum atomic E-state index is 0.190. The van der Waals surface area contributed by atoms with Gasteiger partial charge in [0.2, 0.25) is 0 Å². The van der Waals surface area contributed by atoms with E-state index in [1.807, 2.05) is 6.20 Å². The molecule has 1 aromatic heterocycles. The molecule has 0 radical (unpaired) electrons. The van der Waals surface area contributed by atoms with E-state index in [0.717, 1.165) is 25.0 Å². The normalized spacial score (nSPS) is 27.9. The number of rotatable bonds is 2. The Labute approximate surface area is 101 Å². The molecule has 1 aliphatic carbocycles.